The first kappa shape index (κ1) is 16.1. The standard InChI is InChI=1S/C17H18BrNOS/c1-13(2)19(15-6-4-3-5-7-15)17(20)12-21-16-10-8-14(18)9-11-16/h3-11,13H,12H2,1-2H3. The first-order valence-corrected chi connectivity index (χ1v) is 8.61. The maximum atomic E-state index is 12.5. The lowest BCUT2D eigenvalue weighted by atomic mass is 10.2. The quantitative estimate of drug-likeness (QED) is 0.697. The SMILES string of the molecule is CC(C)N(C(=O)CSc1ccc(Br)cc1)c1ccccc1. The highest BCUT2D eigenvalue weighted by Gasteiger charge is 2.18. The molecular weight excluding hydrogens is 346 g/mol. The van der Waals surface area contributed by atoms with E-state index in [2.05, 4.69) is 15.9 Å². The van der Waals surface area contributed by atoms with Crippen molar-refractivity contribution < 1.29 is 4.79 Å². The molecule has 2 aromatic rings. The molecule has 0 aliphatic carbocycles. The van der Waals surface area contributed by atoms with E-state index in [1.165, 1.54) is 0 Å². The number of hydrogen-bond donors (Lipinski definition) is 0. The topological polar surface area (TPSA) is 20.3 Å². The predicted octanol–water partition coefficient (Wildman–Crippen LogP) is 4.98. The Balaban J connectivity index is 2.04. The van der Waals surface area contributed by atoms with Crippen molar-refractivity contribution in [3.8, 4) is 0 Å². The van der Waals surface area contributed by atoms with Crippen molar-refractivity contribution in [1.82, 2.24) is 0 Å². The molecule has 1 amide bonds. The second kappa shape index (κ2) is 7.66. The Kier molecular flexibility index (Phi) is 5.88. The number of benzene rings is 2. The van der Waals surface area contributed by atoms with Crippen molar-refractivity contribution in [2.24, 2.45) is 0 Å². The predicted molar refractivity (Wildman–Crippen MR) is 93.9 cm³/mol. The first-order chi connectivity index (χ1) is 10.1. The van der Waals surface area contributed by atoms with Gasteiger partial charge in [-0.3, -0.25) is 4.79 Å². The number of thioether (sulfide) groups is 1. The van der Waals surface area contributed by atoms with Gasteiger partial charge in [-0.25, -0.2) is 0 Å². The molecular formula is C17H18BrNOS. The molecule has 0 heterocycles. The molecule has 0 fully saturated rings. The smallest absolute Gasteiger partial charge is 0.237 e. The summed E-state index contributed by atoms with van der Waals surface area (Å²) in [5, 5.41) is 0. The Morgan fingerprint density at radius 1 is 1.10 bits per heavy atom. The summed E-state index contributed by atoms with van der Waals surface area (Å²) < 4.78 is 1.05. The summed E-state index contributed by atoms with van der Waals surface area (Å²) >= 11 is 4.98. The van der Waals surface area contributed by atoms with E-state index in [4.69, 9.17) is 0 Å². The van der Waals surface area contributed by atoms with Crippen molar-refractivity contribution in [3.63, 3.8) is 0 Å². The average Bonchev–Trinajstić information content (AvgIpc) is 2.47. The summed E-state index contributed by atoms with van der Waals surface area (Å²) in [6, 6.07) is 18.0. The minimum Gasteiger partial charge on any atom is -0.309 e. The maximum absolute atomic E-state index is 12.5. The molecule has 2 rings (SSSR count). The van der Waals surface area contributed by atoms with E-state index < -0.39 is 0 Å². The lowest BCUT2D eigenvalue weighted by Gasteiger charge is -2.26. The van der Waals surface area contributed by atoms with Crippen LogP contribution in [0.5, 0.6) is 0 Å². The first-order valence-electron chi connectivity index (χ1n) is 6.83. The molecule has 21 heavy (non-hydrogen) atoms. The molecule has 0 saturated heterocycles. The van der Waals surface area contributed by atoms with Crippen LogP contribution in [0.4, 0.5) is 5.69 Å². The van der Waals surface area contributed by atoms with Gasteiger partial charge >= 0.3 is 0 Å². The lowest BCUT2D eigenvalue weighted by molar-refractivity contribution is -0.116. The van der Waals surface area contributed by atoms with Crippen LogP contribution in [0.3, 0.4) is 0 Å². The highest BCUT2D eigenvalue weighted by molar-refractivity contribution is 9.10. The Bertz CT molecular complexity index is 583. The summed E-state index contributed by atoms with van der Waals surface area (Å²) in [5.74, 6) is 0.568. The number of rotatable bonds is 5. The number of halogens is 1. The Morgan fingerprint density at radius 3 is 2.29 bits per heavy atom. The maximum Gasteiger partial charge on any atom is 0.237 e. The van der Waals surface area contributed by atoms with Crippen LogP contribution in [0.15, 0.2) is 64.0 Å². The van der Waals surface area contributed by atoms with Gasteiger partial charge in [-0.05, 0) is 50.2 Å². The summed E-state index contributed by atoms with van der Waals surface area (Å²) in [4.78, 5) is 15.5. The second-order valence-electron chi connectivity index (χ2n) is 4.94. The minimum atomic E-state index is 0.129. The second-order valence-corrected chi connectivity index (χ2v) is 6.90. The Hall–Kier alpha value is -1.26. The molecule has 2 nitrogen and oxygen atoms in total. The van der Waals surface area contributed by atoms with E-state index in [-0.39, 0.29) is 11.9 Å². The summed E-state index contributed by atoms with van der Waals surface area (Å²) in [6.07, 6.45) is 0. The fourth-order valence-corrected chi connectivity index (χ4v) is 3.09. The van der Waals surface area contributed by atoms with Crippen LogP contribution in [-0.2, 0) is 4.79 Å². The van der Waals surface area contributed by atoms with Crippen LogP contribution < -0.4 is 4.90 Å². The third-order valence-corrected chi connectivity index (χ3v) is 4.52. The lowest BCUT2D eigenvalue weighted by Crippen LogP contribution is -2.38. The van der Waals surface area contributed by atoms with Gasteiger partial charge in [-0.2, -0.15) is 0 Å². The molecule has 0 aromatic heterocycles. The molecule has 0 aliphatic rings. The van der Waals surface area contributed by atoms with Crippen LogP contribution in [-0.4, -0.2) is 17.7 Å². The van der Waals surface area contributed by atoms with Gasteiger partial charge in [-0.15, -0.1) is 11.8 Å². The highest BCUT2D eigenvalue weighted by Crippen LogP contribution is 2.23. The van der Waals surface area contributed by atoms with Crippen molar-refractivity contribution in [3.05, 3.63) is 59.1 Å². The van der Waals surface area contributed by atoms with Crippen molar-refractivity contribution in [2.75, 3.05) is 10.7 Å². The molecule has 0 bridgehead atoms. The van der Waals surface area contributed by atoms with Gasteiger partial charge in [0.25, 0.3) is 0 Å². The molecule has 0 saturated carbocycles. The molecule has 0 radical (unpaired) electrons. The van der Waals surface area contributed by atoms with Gasteiger partial charge in [0.15, 0.2) is 0 Å². The largest absolute Gasteiger partial charge is 0.309 e. The Morgan fingerprint density at radius 2 is 1.71 bits per heavy atom. The molecule has 4 heteroatoms. The van der Waals surface area contributed by atoms with Crippen LogP contribution in [0.2, 0.25) is 0 Å². The van der Waals surface area contributed by atoms with Gasteiger partial charge in [0, 0.05) is 21.1 Å². The molecule has 0 atom stereocenters. The molecule has 110 valence electrons. The van der Waals surface area contributed by atoms with E-state index in [1.54, 1.807) is 11.8 Å². The van der Waals surface area contributed by atoms with Crippen LogP contribution in [0.1, 0.15) is 13.8 Å². The normalized spacial score (nSPS) is 10.7. The fourth-order valence-electron chi connectivity index (χ4n) is 2.06. The molecule has 0 N–H and O–H groups in total. The average molecular weight is 364 g/mol. The third kappa shape index (κ3) is 4.61. The third-order valence-electron chi connectivity index (χ3n) is 3.00. The number of hydrogen-bond acceptors (Lipinski definition) is 2. The number of carbonyl (C=O) groups is 1. The molecule has 2 aromatic carbocycles. The molecule has 0 spiro atoms. The molecule has 0 unspecified atom stereocenters. The van der Waals surface area contributed by atoms with Gasteiger partial charge in [-0.1, -0.05) is 34.1 Å². The van der Waals surface area contributed by atoms with E-state index >= 15 is 0 Å². The number of carbonyl (C=O) groups excluding carboxylic acids is 1. The van der Waals surface area contributed by atoms with E-state index in [1.807, 2.05) is 73.3 Å². The number of anilines is 1. The van der Waals surface area contributed by atoms with E-state index in [0.717, 1.165) is 15.1 Å². The van der Waals surface area contributed by atoms with Gasteiger partial charge < -0.3 is 4.90 Å². The highest BCUT2D eigenvalue weighted by atomic mass is 79.9. The summed E-state index contributed by atoms with van der Waals surface area (Å²) in [5.41, 5.74) is 0.953. The number of nitrogens with zero attached hydrogens (tertiary/aromatic N) is 1. The minimum absolute atomic E-state index is 0.129. The van der Waals surface area contributed by atoms with E-state index in [9.17, 15) is 4.79 Å². The summed E-state index contributed by atoms with van der Waals surface area (Å²) in [6.45, 7) is 4.07. The van der Waals surface area contributed by atoms with Crippen molar-refractivity contribution in [1.29, 1.82) is 0 Å². The zero-order valence-electron chi connectivity index (χ0n) is 12.1. The van der Waals surface area contributed by atoms with Gasteiger partial charge in [0.05, 0.1) is 5.75 Å². The Labute approximate surface area is 138 Å². The number of amides is 1. The number of para-hydroxylation sites is 1. The van der Waals surface area contributed by atoms with Crippen molar-refractivity contribution in [2.45, 2.75) is 24.8 Å². The van der Waals surface area contributed by atoms with Gasteiger partial charge in [0.1, 0.15) is 0 Å². The fraction of sp³-hybridized carbons (Fsp3) is 0.235. The van der Waals surface area contributed by atoms with E-state index in [0.29, 0.717) is 5.75 Å². The zero-order valence-corrected chi connectivity index (χ0v) is 14.5. The van der Waals surface area contributed by atoms with Crippen molar-refractivity contribution >= 4 is 39.3 Å². The van der Waals surface area contributed by atoms with Gasteiger partial charge in [0.2, 0.25) is 5.91 Å². The van der Waals surface area contributed by atoms with Crippen LogP contribution >= 0.6 is 27.7 Å². The monoisotopic (exact) mass is 363 g/mol. The summed E-state index contributed by atoms with van der Waals surface area (Å²) in [7, 11) is 0. The molecule has 0 aliphatic heterocycles. The van der Waals surface area contributed by atoms with Crippen LogP contribution in [0.25, 0.3) is 0 Å². The van der Waals surface area contributed by atoms with Crippen LogP contribution in [0, 0.1) is 0 Å². The zero-order chi connectivity index (χ0) is 15.2.